The first-order valence-electron chi connectivity index (χ1n) is 4.42. The molecule has 0 spiro atoms. The Kier molecular flexibility index (Phi) is 5.35. The van der Waals surface area contributed by atoms with Crippen molar-refractivity contribution in [3.63, 3.8) is 0 Å². The van der Waals surface area contributed by atoms with E-state index in [2.05, 4.69) is 44.8 Å². The van der Waals surface area contributed by atoms with Gasteiger partial charge in [0.2, 0.25) is 0 Å². The van der Waals surface area contributed by atoms with Gasteiger partial charge in [-0.2, -0.15) is 0 Å². The summed E-state index contributed by atoms with van der Waals surface area (Å²) in [6.45, 7) is 8.37. The Morgan fingerprint density at radius 2 is 1.92 bits per heavy atom. The molecule has 68 valence electrons. The van der Waals surface area contributed by atoms with Gasteiger partial charge < -0.3 is 0 Å². The summed E-state index contributed by atoms with van der Waals surface area (Å²) < 4.78 is 0. The summed E-state index contributed by atoms with van der Waals surface area (Å²) in [5.74, 6) is 0. The molecule has 0 heterocycles. The normalized spacial score (nSPS) is 15.2. The SMILES string of the molecule is CC=C(C)/C=C(/CC)C(C)=NC. The minimum absolute atomic E-state index is 1.05. The predicted octanol–water partition coefficient (Wildman–Crippen LogP) is 3.38. The molecule has 0 radical (unpaired) electrons. The molecule has 0 atom stereocenters. The van der Waals surface area contributed by atoms with E-state index < -0.39 is 0 Å². The zero-order valence-corrected chi connectivity index (χ0v) is 8.81. The fourth-order valence-electron chi connectivity index (χ4n) is 0.964. The minimum Gasteiger partial charge on any atom is -0.293 e. The molecule has 0 aliphatic rings. The molecular formula is C11H19N. The molecule has 0 unspecified atom stereocenters. The van der Waals surface area contributed by atoms with E-state index in [1.807, 2.05) is 7.05 Å². The van der Waals surface area contributed by atoms with Crippen molar-refractivity contribution in [1.29, 1.82) is 0 Å². The first-order chi connectivity index (χ1) is 5.65. The van der Waals surface area contributed by atoms with Gasteiger partial charge in [0, 0.05) is 12.8 Å². The van der Waals surface area contributed by atoms with Crippen molar-refractivity contribution in [1.82, 2.24) is 0 Å². The number of aliphatic imine (C=N–C) groups is 1. The van der Waals surface area contributed by atoms with Crippen LogP contribution in [0.25, 0.3) is 0 Å². The van der Waals surface area contributed by atoms with Gasteiger partial charge in [-0.05, 0) is 32.8 Å². The van der Waals surface area contributed by atoms with E-state index in [1.54, 1.807) is 0 Å². The van der Waals surface area contributed by atoms with Gasteiger partial charge in [-0.15, -0.1) is 0 Å². The van der Waals surface area contributed by atoms with Gasteiger partial charge in [-0.3, -0.25) is 4.99 Å². The second kappa shape index (κ2) is 5.76. The highest BCUT2D eigenvalue weighted by molar-refractivity contribution is 5.98. The van der Waals surface area contributed by atoms with Crippen LogP contribution in [-0.4, -0.2) is 12.8 Å². The van der Waals surface area contributed by atoms with Crippen molar-refractivity contribution in [2.24, 2.45) is 4.99 Å². The zero-order valence-electron chi connectivity index (χ0n) is 8.81. The highest BCUT2D eigenvalue weighted by Crippen LogP contribution is 2.08. The smallest absolute Gasteiger partial charge is 0.0345 e. The highest BCUT2D eigenvalue weighted by atomic mass is 14.7. The summed E-state index contributed by atoms with van der Waals surface area (Å²) in [4.78, 5) is 4.17. The molecule has 12 heavy (non-hydrogen) atoms. The number of rotatable bonds is 3. The monoisotopic (exact) mass is 165 g/mol. The molecule has 0 aliphatic carbocycles. The molecule has 0 aromatic carbocycles. The van der Waals surface area contributed by atoms with Gasteiger partial charge in [0.25, 0.3) is 0 Å². The van der Waals surface area contributed by atoms with E-state index in [9.17, 15) is 0 Å². The topological polar surface area (TPSA) is 12.4 Å². The molecule has 0 aromatic heterocycles. The Bertz CT molecular complexity index is 219. The van der Waals surface area contributed by atoms with Crippen LogP contribution in [0, 0.1) is 0 Å². The van der Waals surface area contributed by atoms with Crippen LogP contribution in [0.4, 0.5) is 0 Å². The van der Waals surface area contributed by atoms with Gasteiger partial charge in [0.05, 0.1) is 0 Å². The summed E-state index contributed by atoms with van der Waals surface area (Å²) in [5.41, 5.74) is 3.77. The molecule has 1 heteroatoms. The predicted molar refractivity (Wildman–Crippen MR) is 56.8 cm³/mol. The number of hydrogen-bond donors (Lipinski definition) is 0. The first kappa shape index (κ1) is 11.2. The van der Waals surface area contributed by atoms with Crippen LogP contribution in [0.5, 0.6) is 0 Å². The Balaban J connectivity index is 4.67. The maximum absolute atomic E-state index is 4.17. The fourth-order valence-corrected chi connectivity index (χ4v) is 0.964. The molecule has 0 fully saturated rings. The van der Waals surface area contributed by atoms with E-state index in [-0.39, 0.29) is 0 Å². The Labute approximate surface area is 75.9 Å². The number of hydrogen-bond acceptors (Lipinski definition) is 1. The Hall–Kier alpha value is -0.850. The van der Waals surface area contributed by atoms with E-state index >= 15 is 0 Å². The second-order valence-corrected chi connectivity index (χ2v) is 2.86. The van der Waals surface area contributed by atoms with Crippen molar-refractivity contribution in [3.8, 4) is 0 Å². The van der Waals surface area contributed by atoms with Crippen LogP contribution in [0.3, 0.4) is 0 Å². The standard InChI is InChI=1S/C11H19N/c1-6-9(3)8-11(7-2)10(4)12-5/h6,8H,7H2,1-5H3/b9-6?,11-8-,12-10?. The van der Waals surface area contributed by atoms with Crippen LogP contribution in [-0.2, 0) is 0 Å². The molecule has 0 bridgehead atoms. The second-order valence-electron chi connectivity index (χ2n) is 2.86. The third kappa shape index (κ3) is 3.51. The zero-order chi connectivity index (χ0) is 9.56. The molecular weight excluding hydrogens is 146 g/mol. The molecule has 0 aromatic rings. The minimum atomic E-state index is 1.05. The first-order valence-corrected chi connectivity index (χ1v) is 4.42. The maximum Gasteiger partial charge on any atom is 0.0345 e. The largest absolute Gasteiger partial charge is 0.293 e. The lowest BCUT2D eigenvalue weighted by Gasteiger charge is -2.02. The van der Waals surface area contributed by atoms with E-state index in [0.29, 0.717) is 0 Å². The van der Waals surface area contributed by atoms with Crippen LogP contribution in [0.15, 0.2) is 28.3 Å². The molecule has 0 aliphatic heterocycles. The summed E-state index contributed by atoms with van der Waals surface area (Å²) >= 11 is 0. The summed E-state index contributed by atoms with van der Waals surface area (Å²) in [7, 11) is 1.84. The molecule has 0 saturated carbocycles. The van der Waals surface area contributed by atoms with E-state index in [4.69, 9.17) is 0 Å². The average Bonchev–Trinajstić information content (AvgIpc) is 2.12. The third-order valence-corrected chi connectivity index (χ3v) is 2.04. The summed E-state index contributed by atoms with van der Waals surface area (Å²) in [5, 5.41) is 0. The van der Waals surface area contributed by atoms with Gasteiger partial charge in [-0.25, -0.2) is 0 Å². The lowest BCUT2D eigenvalue weighted by atomic mass is 10.1. The molecule has 1 nitrogen and oxygen atoms in total. The maximum atomic E-state index is 4.17. The number of allylic oxidation sites excluding steroid dienone is 4. The summed E-state index contributed by atoms with van der Waals surface area (Å²) in [6, 6.07) is 0. The summed E-state index contributed by atoms with van der Waals surface area (Å²) in [6.07, 6.45) is 5.36. The molecule has 0 N–H and O–H groups in total. The van der Waals surface area contributed by atoms with Crippen molar-refractivity contribution in [3.05, 3.63) is 23.3 Å². The van der Waals surface area contributed by atoms with Crippen LogP contribution >= 0.6 is 0 Å². The van der Waals surface area contributed by atoms with Crippen molar-refractivity contribution in [2.45, 2.75) is 34.1 Å². The quantitative estimate of drug-likeness (QED) is 0.449. The third-order valence-electron chi connectivity index (χ3n) is 2.04. The van der Waals surface area contributed by atoms with Crippen molar-refractivity contribution < 1.29 is 0 Å². The van der Waals surface area contributed by atoms with E-state index in [0.717, 1.165) is 12.1 Å². The fraction of sp³-hybridized carbons (Fsp3) is 0.545. The van der Waals surface area contributed by atoms with Crippen LogP contribution < -0.4 is 0 Å². The molecule has 0 rings (SSSR count). The highest BCUT2D eigenvalue weighted by Gasteiger charge is 1.96. The van der Waals surface area contributed by atoms with Crippen molar-refractivity contribution >= 4 is 5.71 Å². The van der Waals surface area contributed by atoms with Gasteiger partial charge in [0.15, 0.2) is 0 Å². The average molecular weight is 165 g/mol. The lowest BCUT2D eigenvalue weighted by Crippen LogP contribution is -1.96. The van der Waals surface area contributed by atoms with Gasteiger partial charge >= 0.3 is 0 Å². The van der Waals surface area contributed by atoms with Gasteiger partial charge in [0.1, 0.15) is 0 Å². The molecule has 0 saturated heterocycles. The van der Waals surface area contributed by atoms with Crippen LogP contribution in [0.2, 0.25) is 0 Å². The van der Waals surface area contributed by atoms with Gasteiger partial charge in [-0.1, -0.05) is 24.6 Å². The van der Waals surface area contributed by atoms with Crippen molar-refractivity contribution in [2.75, 3.05) is 7.05 Å². The Morgan fingerprint density at radius 3 is 2.25 bits per heavy atom. The van der Waals surface area contributed by atoms with Crippen LogP contribution in [0.1, 0.15) is 34.1 Å². The van der Waals surface area contributed by atoms with E-state index in [1.165, 1.54) is 11.1 Å². The number of nitrogens with zero attached hydrogens (tertiary/aromatic N) is 1. The Morgan fingerprint density at radius 1 is 1.33 bits per heavy atom. The lowest BCUT2D eigenvalue weighted by molar-refractivity contribution is 1.15. The molecule has 0 amide bonds.